The van der Waals surface area contributed by atoms with Gasteiger partial charge in [0.25, 0.3) is 0 Å². The van der Waals surface area contributed by atoms with Crippen LogP contribution in [0.1, 0.15) is 126 Å². The predicted octanol–water partition coefficient (Wildman–Crippen LogP) is 9.04. The zero-order valence-electron chi connectivity index (χ0n) is 26.9. The van der Waals surface area contributed by atoms with Gasteiger partial charge in [-0.1, -0.05) is 102 Å². The summed E-state index contributed by atoms with van der Waals surface area (Å²) < 4.78 is 17.0. The molecule has 0 unspecified atom stereocenters. The molecule has 6 nitrogen and oxygen atoms in total. The molecule has 0 fully saturated rings. The molecule has 0 amide bonds. The number of allylic oxidation sites excluding steroid dienone is 4. The summed E-state index contributed by atoms with van der Waals surface area (Å²) in [5.41, 5.74) is 19.1. The van der Waals surface area contributed by atoms with Gasteiger partial charge in [-0.15, -0.1) is 22.1 Å². The van der Waals surface area contributed by atoms with Gasteiger partial charge in [0.2, 0.25) is 0 Å². The predicted molar refractivity (Wildman–Crippen MR) is 173 cm³/mol. The third kappa shape index (κ3) is 6.11. The molecule has 43 heavy (non-hydrogen) atoms. The van der Waals surface area contributed by atoms with E-state index < -0.39 is 17.3 Å². The number of fused-ring (bicyclic) bond motifs is 8. The SMILES string of the molecule is CCC1=C(CC)c2cc3[n-]c(cc4nc(cc5[n-]c(cc1n2)c(CC)c5CC)C(CC)=C4CC)c(CC)c3CC.[O]=[Os+2]=[O]. The molecule has 0 saturated carbocycles. The average molecular weight is 755 g/mol. The number of aryl methyl sites for hydroxylation is 4. The first kappa shape index (κ1) is 32.7. The molecule has 0 radical (unpaired) electrons. The molecule has 2 aliphatic rings. The fraction of sp³-hybridized carbons (Fsp3) is 0.444. The van der Waals surface area contributed by atoms with Crippen molar-refractivity contribution in [2.24, 2.45) is 0 Å². The van der Waals surface area contributed by atoms with Crippen molar-refractivity contribution in [1.29, 1.82) is 0 Å². The van der Waals surface area contributed by atoms with Crippen molar-refractivity contribution in [1.82, 2.24) is 19.9 Å². The first-order chi connectivity index (χ1) is 20.9. The molecule has 5 heterocycles. The van der Waals surface area contributed by atoms with Crippen molar-refractivity contribution in [3.63, 3.8) is 0 Å². The second-order valence-electron chi connectivity index (χ2n) is 10.8. The van der Waals surface area contributed by atoms with E-state index in [0.717, 1.165) is 96.2 Å². The molecule has 3 aromatic heterocycles. The zero-order valence-corrected chi connectivity index (χ0v) is 29.5. The van der Waals surface area contributed by atoms with E-state index in [0.29, 0.717) is 0 Å². The number of nitrogens with zero attached hydrogens (tertiary/aromatic N) is 4. The van der Waals surface area contributed by atoms with Crippen LogP contribution in [-0.4, -0.2) is 9.97 Å². The van der Waals surface area contributed by atoms with Crippen LogP contribution in [0.25, 0.3) is 44.4 Å². The van der Waals surface area contributed by atoms with Gasteiger partial charge in [-0.2, -0.15) is 0 Å². The van der Waals surface area contributed by atoms with E-state index in [1.807, 2.05) is 0 Å². The molecule has 3 aromatic rings. The summed E-state index contributed by atoms with van der Waals surface area (Å²) in [7, 11) is 0. The molecule has 8 bridgehead atoms. The van der Waals surface area contributed by atoms with Crippen LogP contribution in [0.3, 0.4) is 0 Å². The molecule has 2 aliphatic heterocycles. The normalized spacial score (nSPS) is 12.9. The van der Waals surface area contributed by atoms with Gasteiger partial charge < -0.3 is 9.97 Å². The van der Waals surface area contributed by atoms with Gasteiger partial charge in [0, 0.05) is 0 Å². The molecule has 0 saturated heterocycles. The van der Waals surface area contributed by atoms with E-state index in [4.69, 9.17) is 27.0 Å². The van der Waals surface area contributed by atoms with Gasteiger partial charge in [-0.05, 0) is 73.7 Å². The Morgan fingerprint density at radius 3 is 0.814 bits per heavy atom. The van der Waals surface area contributed by atoms with Crippen LogP contribution in [0, 0.1) is 0 Å². The first-order valence-corrected chi connectivity index (χ1v) is 17.9. The molecule has 7 heteroatoms. The molecular formula is C36H44N4O2Os. The Morgan fingerprint density at radius 2 is 0.651 bits per heavy atom. The van der Waals surface area contributed by atoms with E-state index in [-0.39, 0.29) is 0 Å². The van der Waals surface area contributed by atoms with Crippen LogP contribution in [-0.2, 0) is 50.1 Å². The minimum absolute atomic E-state index is 0.950. The summed E-state index contributed by atoms with van der Waals surface area (Å²) >= 11 is -2.08. The minimum atomic E-state index is -2.08. The third-order valence-corrected chi connectivity index (χ3v) is 8.82. The summed E-state index contributed by atoms with van der Waals surface area (Å²) in [6.45, 7) is 17.9. The van der Waals surface area contributed by atoms with E-state index in [1.165, 1.54) is 44.5 Å². The summed E-state index contributed by atoms with van der Waals surface area (Å²) in [5.74, 6) is 0. The Morgan fingerprint density at radius 1 is 0.442 bits per heavy atom. The van der Waals surface area contributed by atoms with Gasteiger partial charge >= 0.3 is 24.4 Å². The van der Waals surface area contributed by atoms with Crippen LogP contribution in [0.15, 0.2) is 24.3 Å². The quantitative estimate of drug-likeness (QED) is 0.228. The number of hydrogen-bond acceptors (Lipinski definition) is 4. The second-order valence-corrected chi connectivity index (χ2v) is 11.2. The van der Waals surface area contributed by atoms with Crippen LogP contribution in [0.2, 0.25) is 0 Å². The maximum atomic E-state index is 8.51. The van der Waals surface area contributed by atoms with Crippen molar-refractivity contribution >= 4 is 44.4 Å². The number of hydrogen-bond donors (Lipinski definition) is 0. The molecule has 0 aliphatic carbocycles. The van der Waals surface area contributed by atoms with Gasteiger partial charge in [-0.3, -0.25) is 0 Å². The molecule has 0 atom stereocenters. The van der Waals surface area contributed by atoms with Gasteiger partial charge in [0.1, 0.15) is 0 Å². The van der Waals surface area contributed by atoms with E-state index >= 15 is 0 Å². The number of rotatable bonds is 8. The molecular weight excluding hydrogens is 711 g/mol. The Hall–Kier alpha value is -3.16. The first-order valence-electron chi connectivity index (χ1n) is 15.9. The Bertz CT molecular complexity index is 1540. The molecule has 0 aromatic carbocycles. The standard InChI is InChI=1S/C36H44N4.2O.Os/c1-9-21-22(10-2)30-18-32-25(13-5)26(14-6)34(39-32)20-36-28(16-8)27(15-7)35(40-36)19-33-24(12-4)23(11-3)31(38-33)17-29(21)37-30;;;/h17-20H,9-16H2,1-8H3;;;/q-2;;;+2. The summed E-state index contributed by atoms with van der Waals surface area (Å²) in [5, 5.41) is 0. The van der Waals surface area contributed by atoms with E-state index in [2.05, 4.69) is 79.7 Å². The number of aromatic nitrogens is 4. The molecule has 228 valence electrons. The zero-order chi connectivity index (χ0) is 31.3. The van der Waals surface area contributed by atoms with Gasteiger partial charge in [0.15, 0.2) is 0 Å². The average Bonchev–Trinajstić information content (AvgIpc) is 3.72. The Kier molecular flexibility index (Phi) is 11.1. The summed E-state index contributed by atoms with van der Waals surface area (Å²) in [6, 6.07) is 8.98. The Labute approximate surface area is 263 Å². The topological polar surface area (TPSA) is 88.1 Å². The van der Waals surface area contributed by atoms with Crippen LogP contribution in [0.4, 0.5) is 0 Å². The van der Waals surface area contributed by atoms with Gasteiger partial charge in [-0.25, -0.2) is 9.97 Å². The fourth-order valence-electron chi connectivity index (χ4n) is 6.92. The second kappa shape index (κ2) is 14.5. The van der Waals surface area contributed by atoms with E-state index in [1.54, 1.807) is 0 Å². The van der Waals surface area contributed by atoms with Crippen molar-refractivity contribution in [2.45, 2.75) is 107 Å². The van der Waals surface area contributed by atoms with Crippen molar-refractivity contribution in [3.05, 3.63) is 69.3 Å². The van der Waals surface area contributed by atoms with Crippen molar-refractivity contribution in [2.75, 3.05) is 0 Å². The van der Waals surface area contributed by atoms with Crippen LogP contribution >= 0.6 is 0 Å². The van der Waals surface area contributed by atoms with Crippen molar-refractivity contribution in [3.8, 4) is 0 Å². The van der Waals surface area contributed by atoms with Crippen LogP contribution < -0.4 is 9.97 Å². The maximum absolute atomic E-state index is 8.51. The third-order valence-electron chi connectivity index (χ3n) is 8.82. The summed E-state index contributed by atoms with van der Waals surface area (Å²) in [4.78, 5) is 21.0. The fourth-order valence-corrected chi connectivity index (χ4v) is 6.92. The van der Waals surface area contributed by atoms with Crippen molar-refractivity contribution < 1.29 is 24.4 Å². The molecule has 5 rings (SSSR count). The molecule has 0 N–H and O–H groups in total. The van der Waals surface area contributed by atoms with Gasteiger partial charge in [0.05, 0.1) is 22.8 Å². The molecule has 0 spiro atoms. The Balaban J connectivity index is 0.00000135. The van der Waals surface area contributed by atoms with Crippen LogP contribution in [0.5, 0.6) is 0 Å². The monoisotopic (exact) mass is 756 g/mol. The van der Waals surface area contributed by atoms with E-state index in [9.17, 15) is 0 Å². The summed E-state index contributed by atoms with van der Waals surface area (Å²) in [6.07, 6.45) is 7.60.